The van der Waals surface area contributed by atoms with Crippen molar-refractivity contribution < 1.29 is 4.74 Å². The van der Waals surface area contributed by atoms with Crippen LogP contribution in [-0.4, -0.2) is 50.3 Å². The minimum atomic E-state index is 0.332. The van der Waals surface area contributed by atoms with Crippen molar-refractivity contribution in [3.8, 4) is 0 Å². The molecule has 124 valence electrons. The Bertz CT molecular complexity index is 300. The van der Waals surface area contributed by atoms with Gasteiger partial charge in [0.1, 0.15) is 0 Å². The first-order valence-corrected chi connectivity index (χ1v) is 9.05. The molecule has 0 aliphatic carbocycles. The molecule has 0 aromatic carbocycles. The van der Waals surface area contributed by atoms with Crippen molar-refractivity contribution in [3.05, 3.63) is 0 Å². The second-order valence-electron chi connectivity index (χ2n) is 8.01. The van der Waals surface area contributed by atoms with E-state index in [0.717, 1.165) is 44.2 Å². The molecule has 3 unspecified atom stereocenters. The maximum Gasteiger partial charge on any atom is 0.0546 e. The predicted molar refractivity (Wildman–Crippen MR) is 89.6 cm³/mol. The fourth-order valence-corrected chi connectivity index (χ4v) is 3.93. The van der Waals surface area contributed by atoms with Crippen LogP contribution in [0.1, 0.15) is 53.4 Å². The second-order valence-corrected chi connectivity index (χ2v) is 8.01. The zero-order valence-corrected chi connectivity index (χ0v) is 14.7. The quantitative estimate of drug-likeness (QED) is 0.815. The lowest BCUT2D eigenvalue weighted by Crippen LogP contribution is -2.53. The highest BCUT2D eigenvalue weighted by Gasteiger charge is 2.37. The molecule has 2 heterocycles. The van der Waals surface area contributed by atoms with Crippen molar-refractivity contribution in [2.45, 2.75) is 59.4 Å². The summed E-state index contributed by atoms with van der Waals surface area (Å²) in [5, 5.41) is 3.70. The van der Waals surface area contributed by atoms with Gasteiger partial charge >= 0.3 is 0 Å². The molecule has 1 N–H and O–H groups in total. The van der Waals surface area contributed by atoms with Crippen LogP contribution in [0.15, 0.2) is 0 Å². The number of hydrogen-bond acceptors (Lipinski definition) is 3. The number of ether oxygens (including phenoxy) is 1. The van der Waals surface area contributed by atoms with Gasteiger partial charge < -0.3 is 10.1 Å². The third-order valence-corrected chi connectivity index (χ3v) is 5.50. The monoisotopic (exact) mass is 296 g/mol. The summed E-state index contributed by atoms with van der Waals surface area (Å²) in [6, 6.07) is 0.725. The number of nitrogens with one attached hydrogen (secondary N) is 1. The second kappa shape index (κ2) is 7.94. The molecule has 2 rings (SSSR count). The standard InChI is InChI=1S/C18H36N2O/c1-15(2)11-19-12-18(8-6-10-21-14-18)13-20-9-5-7-16(3)17(20)4/h15-17,19H,5-14H2,1-4H3. The Kier molecular flexibility index (Phi) is 6.51. The number of hydrogen-bond donors (Lipinski definition) is 1. The Morgan fingerprint density at radius 1 is 1.29 bits per heavy atom. The molecule has 2 aliphatic heterocycles. The fourth-order valence-electron chi connectivity index (χ4n) is 3.93. The van der Waals surface area contributed by atoms with E-state index >= 15 is 0 Å². The van der Waals surface area contributed by atoms with Crippen molar-refractivity contribution >= 4 is 0 Å². The molecule has 0 spiro atoms. The van der Waals surface area contributed by atoms with Gasteiger partial charge in [0.2, 0.25) is 0 Å². The Balaban J connectivity index is 1.94. The lowest BCUT2D eigenvalue weighted by atomic mass is 9.80. The van der Waals surface area contributed by atoms with Gasteiger partial charge in [-0.2, -0.15) is 0 Å². The van der Waals surface area contributed by atoms with Crippen molar-refractivity contribution in [2.24, 2.45) is 17.3 Å². The third-order valence-electron chi connectivity index (χ3n) is 5.50. The molecule has 0 saturated carbocycles. The number of nitrogens with zero attached hydrogens (tertiary/aromatic N) is 1. The summed E-state index contributed by atoms with van der Waals surface area (Å²) in [5.74, 6) is 1.56. The summed E-state index contributed by atoms with van der Waals surface area (Å²) >= 11 is 0. The lowest BCUT2D eigenvalue weighted by Gasteiger charge is -2.46. The molecule has 3 nitrogen and oxygen atoms in total. The van der Waals surface area contributed by atoms with Crippen LogP contribution in [0.3, 0.4) is 0 Å². The highest BCUT2D eigenvalue weighted by atomic mass is 16.5. The van der Waals surface area contributed by atoms with E-state index in [-0.39, 0.29) is 0 Å². The molecule has 0 radical (unpaired) electrons. The molecule has 3 atom stereocenters. The van der Waals surface area contributed by atoms with Gasteiger partial charge in [-0.25, -0.2) is 0 Å². The van der Waals surface area contributed by atoms with Gasteiger partial charge in [0.05, 0.1) is 6.61 Å². The van der Waals surface area contributed by atoms with Crippen molar-refractivity contribution in [1.82, 2.24) is 10.2 Å². The van der Waals surface area contributed by atoms with Gasteiger partial charge in [-0.15, -0.1) is 0 Å². The summed E-state index contributed by atoms with van der Waals surface area (Å²) in [6.45, 7) is 16.0. The van der Waals surface area contributed by atoms with Crippen LogP contribution in [0.2, 0.25) is 0 Å². The van der Waals surface area contributed by atoms with E-state index in [1.807, 2.05) is 0 Å². The maximum absolute atomic E-state index is 5.88. The summed E-state index contributed by atoms with van der Waals surface area (Å²) in [4.78, 5) is 2.74. The van der Waals surface area contributed by atoms with Crippen LogP contribution in [0.4, 0.5) is 0 Å². The summed E-state index contributed by atoms with van der Waals surface area (Å²) in [5.41, 5.74) is 0.332. The molecule has 0 amide bonds. The molecule has 21 heavy (non-hydrogen) atoms. The number of rotatable bonds is 6. The first-order chi connectivity index (χ1) is 10.0. The Labute approximate surface area is 131 Å². The van der Waals surface area contributed by atoms with Crippen molar-refractivity contribution in [3.63, 3.8) is 0 Å². The van der Waals surface area contributed by atoms with Crippen LogP contribution in [-0.2, 0) is 4.74 Å². The van der Waals surface area contributed by atoms with Crippen LogP contribution in [0.25, 0.3) is 0 Å². The summed E-state index contributed by atoms with van der Waals surface area (Å²) in [7, 11) is 0. The third kappa shape index (κ3) is 4.94. The zero-order valence-electron chi connectivity index (χ0n) is 14.7. The Morgan fingerprint density at radius 3 is 2.76 bits per heavy atom. The lowest BCUT2D eigenvalue weighted by molar-refractivity contribution is -0.0414. The van der Waals surface area contributed by atoms with Crippen molar-refractivity contribution in [2.75, 3.05) is 39.4 Å². The Morgan fingerprint density at radius 2 is 2.10 bits per heavy atom. The van der Waals surface area contributed by atoms with Gasteiger partial charge in [0, 0.05) is 31.2 Å². The molecular weight excluding hydrogens is 260 g/mol. The number of piperidine rings is 1. The summed E-state index contributed by atoms with van der Waals surface area (Å²) in [6.07, 6.45) is 5.30. The van der Waals surface area contributed by atoms with Crippen LogP contribution >= 0.6 is 0 Å². The highest BCUT2D eigenvalue weighted by Crippen LogP contribution is 2.33. The number of likely N-dealkylation sites (tertiary alicyclic amines) is 1. The topological polar surface area (TPSA) is 24.5 Å². The van der Waals surface area contributed by atoms with E-state index in [4.69, 9.17) is 4.74 Å². The average molecular weight is 296 g/mol. The highest BCUT2D eigenvalue weighted by molar-refractivity contribution is 4.90. The molecule has 2 aliphatic rings. The van der Waals surface area contributed by atoms with Crippen molar-refractivity contribution in [1.29, 1.82) is 0 Å². The molecule has 2 saturated heterocycles. The van der Waals surface area contributed by atoms with Gasteiger partial charge in [-0.1, -0.05) is 20.8 Å². The Hall–Kier alpha value is -0.120. The zero-order chi connectivity index (χ0) is 15.3. The maximum atomic E-state index is 5.88. The van der Waals surface area contributed by atoms with E-state index in [9.17, 15) is 0 Å². The van der Waals surface area contributed by atoms with E-state index in [1.54, 1.807) is 0 Å². The molecule has 2 fully saturated rings. The molecule has 3 heteroatoms. The van der Waals surface area contributed by atoms with E-state index in [1.165, 1.54) is 38.8 Å². The van der Waals surface area contributed by atoms with Gasteiger partial charge in [0.25, 0.3) is 0 Å². The SMILES string of the molecule is CC(C)CNCC1(CN2CCCC(C)C2C)CCCOC1. The van der Waals surface area contributed by atoms with E-state index in [2.05, 4.69) is 37.9 Å². The van der Waals surface area contributed by atoms with Gasteiger partial charge in [-0.05, 0) is 57.5 Å². The fraction of sp³-hybridized carbons (Fsp3) is 1.00. The minimum absolute atomic E-state index is 0.332. The van der Waals surface area contributed by atoms with E-state index in [0.29, 0.717) is 5.41 Å². The predicted octanol–water partition coefficient (Wildman–Crippen LogP) is 3.15. The molecule has 0 aromatic heterocycles. The van der Waals surface area contributed by atoms with E-state index < -0.39 is 0 Å². The van der Waals surface area contributed by atoms with Gasteiger partial charge in [-0.3, -0.25) is 4.90 Å². The first kappa shape index (κ1) is 17.2. The normalized spacial score (nSPS) is 35.3. The van der Waals surface area contributed by atoms with Crippen LogP contribution < -0.4 is 5.32 Å². The van der Waals surface area contributed by atoms with Crippen LogP contribution in [0.5, 0.6) is 0 Å². The first-order valence-electron chi connectivity index (χ1n) is 9.05. The largest absolute Gasteiger partial charge is 0.381 e. The smallest absolute Gasteiger partial charge is 0.0546 e. The molecule has 0 bridgehead atoms. The average Bonchev–Trinajstić information content (AvgIpc) is 2.44. The molecule has 0 aromatic rings. The van der Waals surface area contributed by atoms with Gasteiger partial charge in [0.15, 0.2) is 0 Å². The minimum Gasteiger partial charge on any atom is -0.381 e. The van der Waals surface area contributed by atoms with Crippen LogP contribution in [0, 0.1) is 17.3 Å². The summed E-state index contributed by atoms with van der Waals surface area (Å²) < 4.78 is 5.88. The molecular formula is C18H36N2O.